The summed E-state index contributed by atoms with van der Waals surface area (Å²) in [6, 6.07) is 13.1. The minimum Gasteiger partial charge on any atom is -0.507 e. The predicted molar refractivity (Wildman–Crippen MR) is 99.5 cm³/mol. The molecule has 0 fully saturated rings. The first-order chi connectivity index (χ1) is 13.4. The highest BCUT2D eigenvalue weighted by Crippen LogP contribution is 2.43. The molecule has 0 heterocycles. The van der Waals surface area contributed by atoms with Gasteiger partial charge in [-0.2, -0.15) is 0 Å². The van der Waals surface area contributed by atoms with Crippen LogP contribution in [0.5, 0.6) is 11.5 Å². The molecule has 3 aromatic rings. The fourth-order valence-electron chi connectivity index (χ4n) is 3.26. The molecule has 1 aliphatic rings. The number of nitro groups is 1. The van der Waals surface area contributed by atoms with E-state index in [2.05, 4.69) is 5.32 Å². The molecular weight excluding hydrogens is 364 g/mol. The number of aromatic hydroxyl groups is 2. The molecule has 8 heteroatoms. The van der Waals surface area contributed by atoms with E-state index < -0.39 is 39.1 Å². The first kappa shape index (κ1) is 17.2. The minimum absolute atomic E-state index is 0.0152. The van der Waals surface area contributed by atoms with Crippen LogP contribution in [0.4, 0.5) is 17.1 Å². The van der Waals surface area contributed by atoms with E-state index >= 15 is 0 Å². The number of carbonyl (C=O) groups excluding carboxylic acids is 2. The molecule has 0 unspecified atom stereocenters. The van der Waals surface area contributed by atoms with E-state index in [4.69, 9.17) is 0 Å². The number of ketones is 2. The van der Waals surface area contributed by atoms with Gasteiger partial charge in [-0.25, -0.2) is 0 Å². The number of hydrogen-bond donors (Lipinski definition) is 3. The molecule has 0 aliphatic heterocycles. The smallest absolute Gasteiger partial charge is 0.281 e. The standard InChI is InChI=1S/C20H12N2O6/c23-13-9-7-12(22(27)28)16-17(13)20(26)15-11(19(16)25)6-8-14(24)18(15)21-10-4-2-1-3-5-10/h1-9,21,23-24H. The number of phenols is 2. The number of nitrogens with one attached hydrogen (secondary N) is 1. The van der Waals surface area contributed by atoms with Crippen LogP contribution >= 0.6 is 0 Å². The number of hydrogen-bond acceptors (Lipinski definition) is 7. The zero-order valence-electron chi connectivity index (χ0n) is 14.2. The summed E-state index contributed by atoms with van der Waals surface area (Å²) >= 11 is 0. The molecule has 0 radical (unpaired) electrons. The van der Waals surface area contributed by atoms with E-state index in [1.807, 2.05) is 0 Å². The van der Waals surface area contributed by atoms with E-state index in [0.29, 0.717) is 5.69 Å². The number of nitro benzene ring substituents is 1. The average Bonchev–Trinajstić information content (AvgIpc) is 2.68. The number of para-hydroxylation sites is 1. The number of nitrogens with zero attached hydrogens (tertiary/aromatic N) is 1. The van der Waals surface area contributed by atoms with E-state index in [9.17, 15) is 29.9 Å². The highest BCUT2D eigenvalue weighted by atomic mass is 16.6. The summed E-state index contributed by atoms with van der Waals surface area (Å²) in [5, 5.41) is 34.7. The molecule has 28 heavy (non-hydrogen) atoms. The van der Waals surface area contributed by atoms with Crippen LogP contribution in [0.25, 0.3) is 0 Å². The molecule has 4 rings (SSSR count). The first-order valence-corrected chi connectivity index (χ1v) is 8.18. The maximum Gasteiger partial charge on any atom is 0.281 e. The Morgan fingerprint density at radius 2 is 1.46 bits per heavy atom. The predicted octanol–water partition coefficient (Wildman–Crippen LogP) is 3.53. The van der Waals surface area contributed by atoms with Gasteiger partial charge in [0, 0.05) is 17.3 Å². The van der Waals surface area contributed by atoms with Crippen LogP contribution in [-0.4, -0.2) is 26.7 Å². The lowest BCUT2D eigenvalue weighted by Gasteiger charge is -2.22. The molecular formula is C20H12N2O6. The van der Waals surface area contributed by atoms with Gasteiger partial charge in [0.25, 0.3) is 5.69 Å². The van der Waals surface area contributed by atoms with Crippen molar-refractivity contribution in [2.24, 2.45) is 0 Å². The molecule has 3 aromatic carbocycles. The Morgan fingerprint density at radius 3 is 2.14 bits per heavy atom. The lowest BCUT2D eigenvalue weighted by atomic mass is 9.81. The van der Waals surface area contributed by atoms with Gasteiger partial charge >= 0.3 is 0 Å². The van der Waals surface area contributed by atoms with Gasteiger partial charge in [0.2, 0.25) is 11.6 Å². The fraction of sp³-hybridized carbons (Fsp3) is 0. The average molecular weight is 376 g/mol. The van der Waals surface area contributed by atoms with Crippen molar-refractivity contribution in [3.05, 3.63) is 87.0 Å². The summed E-state index contributed by atoms with van der Waals surface area (Å²) in [6.07, 6.45) is 0. The molecule has 8 nitrogen and oxygen atoms in total. The molecule has 0 bridgehead atoms. The second-order valence-corrected chi connectivity index (χ2v) is 6.14. The van der Waals surface area contributed by atoms with Crippen LogP contribution in [0.1, 0.15) is 31.8 Å². The molecule has 0 spiro atoms. The molecule has 0 saturated carbocycles. The van der Waals surface area contributed by atoms with E-state index in [-0.39, 0.29) is 22.6 Å². The van der Waals surface area contributed by atoms with Gasteiger partial charge in [0.05, 0.1) is 21.7 Å². The summed E-state index contributed by atoms with van der Waals surface area (Å²) < 4.78 is 0. The Hall–Kier alpha value is -4.20. The van der Waals surface area contributed by atoms with Crippen LogP contribution in [0, 0.1) is 10.1 Å². The third kappa shape index (κ3) is 2.47. The maximum atomic E-state index is 13.1. The SMILES string of the molecule is O=C1c2c(ccc(O)c2Nc2ccccc2)C(=O)c2c([N+](=O)[O-])ccc(O)c21. The monoisotopic (exact) mass is 376 g/mol. The second-order valence-electron chi connectivity index (χ2n) is 6.14. The topological polar surface area (TPSA) is 130 Å². The molecule has 0 aromatic heterocycles. The van der Waals surface area contributed by atoms with E-state index in [1.165, 1.54) is 12.1 Å². The van der Waals surface area contributed by atoms with Crippen LogP contribution in [0.2, 0.25) is 0 Å². The van der Waals surface area contributed by atoms with E-state index in [0.717, 1.165) is 12.1 Å². The van der Waals surface area contributed by atoms with Crippen molar-refractivity contribution in [2.45, 2.75) is 0 Å². The van der Waals surface area contributed by atoms with Crippen molar-refractivity contribution < 1.29 is 24.7 Å². The summed E-state index contributed by atoms with van der Waals surface area (Å²) in [6.45, 7) is 0. The maximum absolute atomic E-state index is 13.1. The number of anilines is 2. The van der Waals surface area contributed by atoms with Crippen molar-refractivity contribution in [3.63, 3.8) is 0 Å². The Kier molecular flexibility index (Phi) is 3.82. The van der Waals surface area contributed by atoms with Crippen molar-refractivity contribution in [3.8, 4) is 11.5 Å². The lowest BCUT2D eigenvalue weighted by Crippen LogP contribution is -2.23. The second kappa shape index (κ2) is 6.20. The third-order valence-corrected chi connectivity index (χ3v) is 4.51. The minimum atomic E-state index is -0.792. The van der Waals surface area contributed by atoms with Gasteiger partial charge < -0.3 is 15.5 Å². The molecule has 3 N–H and O–H groups in total. The number of rotatable bonds is 3. The van der Waals surface area contributed by atoms with Crippen molar-refractivity contribution >= 4 is 28.6 Å². The zero-order chi connectivity index (χ0) is 20.0. The Morgan fingerprint density at radius 1 is 0.786 bits per heavy atom. The molecule has 0 amide bonds. The van der Waals surface area contributed by atoms with Gasteiger partial charge in [-0.15, -0.1) is 0 Å². The Labute approximate surface area is 157 Å². The van der Waals surface area contributed by atoms with Crippen LogP contribution < -0.4 is 5.32 Å². The number of phenolic OH excluding ortho intramolecular Hbond substituents is 2. The van der Waals surface area contributed by atoms with Crippen molar-refractivity contribution in [1.82, 2.24) is 0 Å². The number of carbonyl (C=O) groups is 2. The number of benzene rings is 3. The molecule has 0 saturated heterocycles. The van der Waals surface area contributed by atoms with Crippen LogP contribution in [0.15, 0.2) is 54.6 Å². The van der Waals surface area contributed by atoms with Crippen LogP contribution in [0.3, 0.4) is 0 Å². The zero-order valence-corrected chi connectivity index (χ0v) is 14.2. The summed E-state index contributed by atoms with van der Waals surface area (Å²) in [5.41, 5.74) is -1.19. The Bertz CT molecular complexity index is 1170. The van der Waals surface area contributed by atoms with E-state index in [1.54, 1.807) is 30.3 Å². The Balaban J connectivity index is 1.97. The molecule has 1 aliphatic carbocycles. The number of fused-ring (bicyclic) bond motifs is 2. The molecule has 0 atom stereocenters. The quantitative estimate of drug-likeness (QED) is 0.283. The van der Waals surface area contributed by atoms with Gasteiger partial charge in [-0.3, -0.25) is 19.7 Å². The largest absolute Gasteiger partial charge is 0.507 e. The molecule has 138 valence electrons. The normalized spacial score (nSPS) is 12.3. The van der Waals surface area contributed by atoms with Gasteiger partial charge in [0.1, 0.15) is 17.1 Å². The van der Waals surface area contributed by atoms with Crippen molar-refractivity contribution in [1.29, 1.82) is 0 Å². The lowest BCUT2D eigenvalue weighted by molar-refractivity contribution is -0.385. The van der Waals surface area contributed by atoms with Crippen molar-refractivity contribution in [2.75, 3.05) is 5.32 Å². The fourth-order valence-corrected chi connectivity index (χ4v) is 3.26. The van der Waals surface area contributed by atoms with Gasteiger partial charge in [-0.1, -0.05) is 18.2 Å². The van der Waals surface area contributed by atoms with Crippen LogP contribution in [-0.2, 0) is 0 Å². The summed E-state index contributed by atoms with van der Waals surface area (Å²) in [5.74, 6) is -2.39. The third-order valence-electron chi connectivity index (χ3n) is 4.51. The summed E-state index contributed by atoms with van der Waals surface area (Å²) in [4.78, 5) is 36.6. The summed E-state index contributed by atoms with van der Waals surface area (Å²) in [7, 11) is 0. The first-order valence-electron chi connectivity index (χ1n) is 8.18. The highest BCUT2D eigenvalue weighted by Gasteiger charge is 2.39. The van der Waals surface area contributed by atoms with Gasteiger partial charge in [0.15, 0.2) is 0 Å². The highest BCUT2D eigenvalue weighted by molar-refractivity contribution is 6.32. The van der Waals surface area contributed by atoms with Gasteiger partial charge in [-0.05, 0) is 30.3 Å².